The average molecular weight is 439 g/mol. The van der Waals surface area contributed by atoms with Crippen LogP contribution in [0.2, 0.25) is 10.0 Å². The molecule has 128 valence electrons. The zero-order chi connectivity index (χ0) is 18.0. The molecule has 1 amide bonds. The molecule has 0 aliphatic heterocycles. The van der Waals surface area contributed by atoms with E-state index < -0.39 is 0 Å². The van der Waals surface area contributed by atoms with Crippen LogP contribution < -0.4 is 5.32 Å². The summed E-state index contributed by atoms with van der Waals surface area (Å²) in [6, 6.07) is 7.13. The van der Waals surface area contributed by atoms with Gasteiger partial charge in [-0.15, -0.1) is 0 Å². The van der Waals surface area contributed by atoms with Crippen molar-refractivity contribution in [2.75, 3.05) is 0 Å². The van der Waals surface area contributed by atoms with Crippen molar-refractivity contribution in [3.63, 3.8) is 0 Å². The quantitative estimate of drug-likeness (QED) is 0.580. The Bertz CT molecular complexity index is 982. The summed E-state index contributed by atoms with van der Waals surface area (Å²) in [5, 5.41) is 3.87. The lowest BCUT2D eigenvalue weighted by Gasteiger charge is -2.00. The van der Waals surface area contributed by atoms with Crippen LogP contribution in [-0.2, 0) is 11.3 Å². The summed E-state index contributed by atoms with van der Waals surface area (Å²) in [7, 11) is 0. The summed E-state index contributed by atoms with van der Waals surface area (Å²) < 4.78 is 2.91. The van der Waals surface area contributed by atoms with Crippen molar-refractivity contribution < 1.29 is 4.79 Å². The second-order valence-electron chi connectivity index (χ2n) is 5.52. The topological polar surface area (TPSA) is 46.4 Å². The number of aromatic nitrogens is 2. The highest BCUT2D eigenvalue weighted by Gasteiger charge is 2.06. The molecule has 0 bridgehead atoms. The van der Waals surface area contributed by atoms with E-state index in [2.05, 4.69) is 26.2 Å². The van der Waals surface area contributed by atoms with Crippen molar-refractivity contribution >= 4 is 56.8 Å². The molecule has 7 heteroatoms. The number of carbonyl (C=O) groups excluding carboxylic acids is 1. The number of fused-ring (bicyclic) bond motifs is 1. The zero-order valence-electron chi connectivity index (χ0n) is 13.3. The molecule has 3 aromatic rings. The number of benzene rings is 1. The SMILES string of the molecule is Cc1cc(Br)cn2cc(CNC(=O)/C=C/c3ccc(Cl)cc3Cl)nc12. The smallest absolute Gasteiger partial charge is 0.244 e. The van der Waals surface area contributed by atoms with Gasteiger partial charge in [0.05, 0.1) is 12.2 Å². The van der Waals surface area contributed by atoms with E-state index in [4.69, 9.17) is 23.2 Å². The third-order valence-electron chi connectivity index (χ3n) is 3.57. The Morgan fingerprint density at radius 3 is 2.88 bits per heavy atom. The van der Waals surface area contributed by atoms with Crippen LogP contribution in [0.5, 0.6) is 0 Å². The van der Waals surface area contributed by atoms with Crippen LogP contribution >= 0.6 is 39.1 Å². The van der Waals surface area contributed by atoms with Gasteiger partial charge in [-0.05, 0) is 58.3 Å². The number of halogens is 3. The van der Waals surface area contributed by atoms with Crippen LogP contribution in [-0.4, -0.2) is 15.3 Å². The van der Waals surface area contributed by atoms with Gasteiger partial charge in [0.1, 0.15) is 5.65 Å². The number of hydrogen-bond donors (Lipinski definition) is 1. The fraction of sp³-hybridized carbons (Fsp3) is 0.111. The molecular formula is C18H14BrCl2N3O. The van der Waals surface area contributed by atoms with Crippen molar-refractivity contribution in [2.45, 2.75) is 13.5 Å². The van der Waals surface area contributed by atoms with Crippen molar-refractivity contribution in [3.8, 4) is 0 Å². The van der Waals surface area contributed by atoms with E-state index in [-0.39, 0.29) is 5.91 Å². The van der Waals surface area contributed by atoms with Crippen molar-refractivity contribution in [3.05, 3.63) is 74.1 Å². The van der Waals surface area contributed by atoms with Gasteiger partial charge in [0.15, 0.2) is 0 Å². The van der Waals surface area contributed by atoms with Gasteiger partial charge in [0.2, 0.25) is 5.91 Å². The van der Waals surface area contributed by atoms with Crippen LogP contribution in [0.4, 0.5) is 0 Å². The molecule has 0 aliphatic carbocycles. The van der Waals surface area contributed by atoms with Gasteiger partial charge in [-0.3, -0.25) is 4.79 Å². The number of aryl methyl sites for hydroxylation is 1. The molecule has 0 saturated carbocycles. The van der Waals surface area contributed by atoms with E-state index in [9.17, 15) is 4.79 Å². The minimum absolute atomic E-state index is 0.221. The molecule has 0 radical (unpaired) electrons. The Labute approximate surface area is 163 Å². The van der Waals surface area contributed by atoms with E-state index >= 15 is 0 Å². The first-order valence-corrected chi connectivity index (χ1v) is 9.02. The van der Waals surface area contributed by atoms with Gasteiger partial charge in [-0.2, -0.15) is 0 Å². The van der Waals surface area contributed by atoms with Crippen LogP contribution in [0.3, 0.4) is 0 Å². The second-order valence-corrected chi connectivity index (χ2v) is 7.28. The number of rotatable bonds is 4. The highest BCUT2D eigenvalue weighted by Crippen LogP contribution is 2.22. The Morgan fingerprint density at radius 2 is 2.12 bits per heavy atom. The summed E-state index contributed by atoms with van der Waals surface area (Å²) in [5.41, 5.74) is 3.45. The van der Waals surface area contributed by atoms with Gasteiger partial charge in [0, 0.05) is 33.0 Å². The van der Waals surface area contributed by atoms with Gasteiger partial charge in [-0.1, -0.05) is 29.3 Å². The highest BCUT2D eigenvalue weighted by atomic mass is 79.9. The minimum Gasteiger partial charge on any atom is -0.347 e. The normalized spacial score (nSPS) is 11.4. The number of hydrogen-bond acceptors (Lipinski definition) is 2. The first-order chi connectivity index (χ1) is 11.9. The van der Waals surface area contributed by atoms with Crippen LogP contribution in [0.1, 0.15) is 16.8 Å². The molecule has 0 fully saturated rings. The molecule has 0 aliphatic rings. The lowest BCUT2D eigenvalue weighted by atomic mass is 10.2. The molecular weight excluding hydrogens is 425 g/mol. The zero-order valence-corrected chi connectivity index (χ0v) is 16.4. The van der Waals surface area contributed by atoms with Crippen molar-refractivity contribution in [2.24, 2.45) is 0 Å². The van der Waals surface area contributed by atoms with Crippen LogP contribution in [0.25, 0.3) is 11.7 Å². The van der Waals surface area contributed by atoms with Gasteiger partial charge >= 0.3 is 0 Å². The maximum atomic E-state index is 12.0. The number of nitrogens with one attached hydrogen (secondary N) is 1. The fourth-order valence-corrected chi connectivity index (χ4v) is 3.44. The van der Waals surface area contributed by atoms with Crippen LogP contribution in [0, 0.1) is 6.92 Å². The Hall–Kier alpha value is -1.82. The Balaban J connectivity index is 1.66. The molecule has 0 saturated heterocycles. The second kappa shape index (κ2) is 7.60. The molecule has 1 N–H and O–H groups in total. The van der Waals surface area contributed by atoms with E-state index in [1.165, 1.54) is 6.08 Å². The predicted molar refractivity (Wildman–Crippen MR) is 105 cm³/mol. The summed E-state index contributed by atoms with van der Waals surface area (Å²) >= 11 is 15.4. The summed E-state index contributed by atoms with van der Waals surface area (Å²) in [4.78, 5) is 16.5. The van der Waals surface area contributed by atoms with E-state index in [0.717, 1.165) is 26.9 Å². The molecule has 2 heterocycles. The number of pyridine rings is 1. The fourth-order valence-electron chi connectivity index (χ4n) is 2.40. The first kappa shape index (κ1) is 18.0. The average Bonchev–Trinajstić information content (AvgIpc) is 2.95. The molecule has 3 rings (SSSR count). The van der Waals surface area contributed by atoms with Gasteiger partial charge in [-0.25, -0.2) is 4.98 Å². The number of nitrogens with zero attached hydrogens (tertiary/aromatic N) is 2. The maximum absolute atomic E-state index is 12.0. The minimum atomic E-state index is -0.221. The molecule has 0 unspecified atom stereocenters. The largest absolute Gasteiger partial charge is 0.347 e. The summed E-state index contributed by atoms with van der Waals surface area (Å²) in [6.45, 7) is 2.34. The summed E-state index contributed by atoms with van der Waals surface area (Å²) in [5.74, 6) is -0.221. The number of carbonyl (C=O) groups is 1. The van der Waals surface area contributed by atoms with E-state index in [1.807, 2.05) is 29.8 Å². The number of imidazole rings is 1. The summed E-state index contributed by atoms with van der Waals surface area (Å²) in [6.07, 6.45) is 6.92. The molecule has 25 heavy (non-hydrogen) atoms. The standard InChI is InChI=1S/C18H14BrCl2N3O/c1-11-6-13(19)9-24-10-15(23-18(11)24)8-22-17(25)5-3-12-2-4-14(20)7-16(12)21/h2-7,9-10H,8H2,1H3,(H,22,25)/b5-3+. The molecule has 4 nitrogen and oxygen atoms in total. The predicted octanol–water partition coefficient (Wildman–Crippen LogP) is 5.04. The molecule has 1 aromatic carbocycles. The van der Waals surface area contributed by atoms with E-state index in [1.54, 1.807) is 24.3 Å². The van der Waals surface area contributed by atoms with Gasteiger partial charge in [0.25, 0.3) is 0 Å². The third kappa shape index (κ3) is 4.42. The number of amides is 1. The van der Waals surface area contributed by atoms with Crippen molar-refractivity contribution in [1.29, 1.82) is 0 Å². The first-order valence-electron chi connectivity index (χ1n) is 7.47. The van der Waals surface area contributed by atoms with Crippen LogP contribution in [0.15, 0.2) is 47.2 Å². The maximum Gasteiger partial charge on any atom is 0.244 e. The Morgan fingerprint density at radius 1 is 1.32 bits per heavy atom. The lowest BCUT2D eigenvalue weighted by Crippen LogP contribution is -2.20. The lowest BCUT2D eigenvalue weighted by molar-refractivity contribution is -0.116. The van der Waals surface area contributed by atoms with E-state index in [0.29, 0.717) is 16.6 Å². The molecule has 2 aromatic heterocycles. The highest BCUT2D eigenvalue weighted by molar-refractivity contribution is 9.10. The monoisotopic (exact) mass is 437 g/mol. The van der Waals surface area contributed by atoms with Gasteiger partial charge < -0.3 is 9.72 Å². The molecule has 0 atom stereocenters. The Kier molecular flexibility index (Phi) is 5.47. The van der Waals surface area contributed by atoms with Crippen molar-refractivity contribution in [1.82, 2.24) is 14.7 Å². The molecule has 0 spiro atoms. The third-order valence-corrected chi connectivity index (χ3v) is 4.57.